The first-order chi connectivity index (χ1) is 16.7. The van der Waals surface area contributed by atoms with Crippen molar-refractivity contribution >= 4 is 11.9 Å². The van der Waals surface area contributed by atoms with Crippen LogP contribution in [0.25, 0.3) is 0 Å². The Morgan fingerprint density at radius 3 is 1.66 bits per heavy atom. The Hall–Kier alpha value is -4.01. The lowest BCUT2D eigenvalue weighted by atomic mass is 9.90. The van der Waals surface area contributed by atoms with Crippen molar-refractivity contribution in [2.45, 2.75) is 37.5 Å². The average molecular weight is 484 g/mol. The number of phenols is 1. The SMILES string of the molecule is O=C(Oc1ccc(OC(=O)c2ccc(OC(F)(F)F)cc2)c2c1C1CCC2C1)c1ccc(O)cc1. The molecule has 0 saturated heterocycles. The third-order valence-electron chi connectivity index (χ3n) is 6.29. The van der Waals surface area contributed by atoms with Crippen molar-refractivity contribution in [2.24, 2.45) is 0 Å². The van der Waals surface area contributed by atoms with E-state index in [0.717, 1.165) is 42.5 Å². The maximum absolute atomic E-state index is 12.7. The number of alkyl halides is 3. The predicted molar refractivity (Wildman–Crippen MR) is 117 cm³/mol. The lowest BCUT2D eigenvalue weighted by molar-refractivity contribution is -0.274. The highest BCUT2D eigenvalue weighted by atomic mass is 19.4. The predicted octanol–water partition coefficient (Wildman–Crippen LogP) is 6.09. The van der Waals surface area contributed by atoms with Crippen LogP contribution in [-0.4, -0.2) is 23.4 Å². The van der Waals surface area contributed by atoms with Gasteiger partial charge in [0.2, 0.25) is 0 Å². The summed E-state index contributed by atoms with van der Waals surface area (Å²) < 4.78 is 52.2. The molecule has 0 amide bonds. The lowest BCUT2D eigenvalue weighted by Gasteiger charge is -2.21. The number of halogens is 3. The molecule has 0 spiro atoms. The van der Waals surface area contributed by atoms with Gasteiger partial charge < -0.3 is 19.3 Å². The summed E-state index contributed by atoms with van der Waals surface area (Å²) in [7, 11) is 0. The van der Waals surface area contributed by atoms with Gasteiger partial charge in [0.25, 0.3) is 0 Å². The summed E-state index contributed by atoms with van der Waals surface area (Å²) in [4.78, 5) is 25.3. The number of hydrogen-bond donors (Lipinski definition) is 1. The van der Waals surface area contributed by atoms with Gasteiger partial charge in [0.15, 0.2) is 0 Å². The van der Waals surface area contributed by atoms with Crippen LogP contribution in [-0.2, 0) is 0 Å². The Morgan fingerprint density at radius 2 is 1.20 bits per heavy atom. The number of hydrogen-bond acceptors (Lipinski definition) is 6. The molecule has 35 heavy (non-hydrogen) atoms. The fraction of sp³-hybridized carbons (Fsp3) is 0.231. The molecule has 5 rings (SSSR count). The zero-order chi connectivity index (χ0) is 24.7. The molecule has 9 heteroatoms. The molecule has 0 aliphatic heterocycles. The maximum Gasteiger partial charge on any atom is 0.573 e. The molecule has 2 unspecified atom stereocenters. The van der Waals surface area contributed by atoms with E-state index in [9.17, 15) is 27.9 Å². The fourth-order valence-electron chi connectivity index (χ4n) is 4.83. The highest BCUT2D eigenvalue weighted by molar-refractivity contribution is 5.92. The number of aromatic hydroxyl groups is 1. The minimum absolute atomic E-state index is 0.0356. The van der Waals surface area contributed by atoms with Crippen molar-refractivity contribution in [3.63, 3.8) is 0 Å². The van der Waals surface area contributed by atoms with E-state index in [4.69, 9.17) is 9.47 Å². The van der Waals surface area contributed by atoms with Crippen LogP contribution in [0.4, 0.5) is 13.2 Å². The van der Waals surface area contributed by atoms with Gasteiger partial charge in [0.05, 0.1) is 11.1 Å². The smallest absolute Gasteiger partial charge is 0.508 e. The van der Waals surface area contributed by atoms with Crippen LogP contribution < -0.4 is 14.2 Å². The van der Waals surface area contributed by atoms with Crippen LogP contribution in [0, 0.1) is 0 Å². The van der Waals surface area contributed by atoms with E-state index in [0.29, 0.717) is 11.5 Å². The quantitative estimate of drug-likeness (QED) is 0.349. The van der Waals surface area contributed by atoms with E-state index in [1.54, 1.807) is 12.1 Å². The molecular formula is C26H19F3O6. The summed E-state index contributed by atoms with van der Waals surface area (Å²) >= 11 is 0. The normalized spacial score (nSPS) is 18.1. The number of rotatable bonds is 5. The summed E-state index contributed by atoms with van der Waals surface area (Å²) in [6, 6.07) is 13.4. The number of phenolic OH excluding ortho intramolecular Hbond substituents is 1. The van der Waals surface area contributed by atoms with Gasteiger partial charge in [-0.1, -0.05) is 0 Å². The first-order valence-electron chi connectivity index (χ1n) is 10.9. The molecule has 2 aliphatic carbocycles. The maximum atomic E-state index is 12.7. The van der Waals surface area contributed by atoms with Crippen LogP contribution in [0.3, 0.4) is 0 Å². The summed E-state index contributed by atoms with van der Waals surface area (Å²) in [6.07, 6.45) is -2.12. The van der Waals surface area contributed by atoms with E-state index in [-0.39, 0.29) is 28.7 Å². The van der Waals surface area contributed by atoms with Crippen molar-refractivity contribution in [1.29, 1.82) is 0 Å². The second-order valence-electron chi connectivity index (χ2n) is 8.49. The first-order valence-corrected chi connectivity index (χ1v) is 10.9. The first kappa shape index (κ1) is 22.8. The molecule has 0 heterocycles. The van der Waals surface area contributed by atoms with Crippen molar-refractivity contribution < 1.29 is 42.1 Å². The van der Waals surface area contributed by atoms with Crippen LogP contribution in [0.15, 0.2) is 60.7 Å². The molecule has 180 valence electrons. The monoisotopic (exact) mass is 484 g/mol. The molecule has 2 aliphatic rings. The Balaban J connectivity index is 1.38. The van der Waals surface area contributed by atoms with E-state index >= 15 is 0 Å². The summed E-state index contributed by atoms with van der Waals surface area (Å²) in [5, 5.41) is 9.42. The number of carbonyl (C=O) groups excluding carboxylic acids is 2. The van der Waals surface area contributed by atoms with Crippen molar-refractivity contribution in [3.8, 4) is 23.0 Å². The minimum atomic E-state index is -4.82. The fourth-order valence-corrected chi connectivity index (χ4v) is 4.83. The highest BCUT2D eigenvalue weighted by Crippen LogP contribution is 2.58. The van der Waals surface area contributed by atoms with E-state index in [2.05, 4.69) is 4.74 Å². The molecule has 2 atom stereocenters. The number of ether oxygens (including phenoxy) is 3. The molecular weight excluding hydrogens is 465 g/mol. The Labute approximate surface area is 197 Å². The summed E-state index contributed by atoms with van der Waals surface area (Å²) in [6.45, 7) is 0. The van der Waals surface area contributed by atoms with Gasteiger partial charge in [-0.25, -0.2) is 9.59 Å². The average Bonchev–Trinajstić information content (AvgIpc) is 3.43. The summed E-state index contributed by atoms with van der Waals surface area (Å²) in [5.41, 5.74) is 2.02. The standard InChI is InChI=1S/C26H19F3O6/c27-26(28,29)35-19-9-5-15(6-10-19)25(32)34-21-12-11-20(22-16-1-2-17(13-16)23(21)22)33-24(31)14-3-7-18(30)8-4-14/h3-12,16-17,30H,1-2,13H2. The van der Waals surface area contributed by atoms with Crippen LogP contribution in [0.5, 0.6) is 23.0 Å². The Morgan fingerprint density at radius 1 is 0.743 bits per heavy atom. The van der Waals surface area contributed by atoms with Crippen molar-refractivity contribution in [1.82, 2.24) is 0 Å². The molecule has 1 saturated carbocycles. The number of fused-ring (bicyclic) bond motifs is 5. The number of esters is 2. The Bertz CT molecular complexity index is 1280. The number of benzene rings is 3. The van der Waals surface area contributed by atoms with Gasteiger partial charge in [0.1, 0.15) is 23.0 Å². The molecule has 1 N–H and O–H groups in total. The summed E-state index contributed by atoms with van der Waals surface area (Å²) in [5.74, 6) is -0.609. The van der Waals surface area contributed by atoms with Crippen molar-refractivity contribution in [3.05, 3.63) is 82.9 Å². The molecule has 6 nitrogen and oxygen atoms in total. The van der Waals surface area contributed by atoms with Gasteiger partial charge in [-0.3, -0.25) is 0 Å². The third-order valence-corrected chi connectivity index (χ3v) is 6.29. The largest absolute Gasteiger partial charge is 0.573 e. The van der Waals surface area contributed by atoms with Crippen LogP contribution in [0.2, 0.25) is 0 Å². The lowest BCUT2D eigenvalue weighted by Crippen LogP contribution is -2.17. The Kier molecular flexibility index (Phi) is 5.62. The molecule has 3 aromatic rings. The molecule has 2 bridgehead atoms. The minimum Gasteiger partial charge on any atom is -0.508 e. The zero-order valence-electron chi connectivity index (χ0n) is 18.2. The van der Waals surface area contributed by atoms with Gasteiger partial charge in [0, 0.05) is 11.1 Å². The molecule has 0 aromatic heterocycles. The second-order valence-corrected chi connectivity index (χ2v) is 8.49. The third kappa shape index (κ3) is 4.66. The van der Waals surface area contributed by atoms with Crippen molar-refractivity contribution in [2.75, 3.05) is 0 Å². The van der Waals surface area contributed by atoms with Gasteiger partial charge in [-0.15, -0.1) is 13.2 Å². The van der Waals surface area contributed by atoms with E-state index in [1.807, 2.05) is 0 Å². The van der Waals surface area contributed by atoms with E-state index in [1.165, 1.54) is 36.4 Å². The van der Waals surface area contributed by atoms with Gasteiger partial charge in [-0.2, -0.15) is 0 Å². The van der Waals surface area contributed by atoms with Crippen LogP contribution in [0.1, 0.15) is 62.9 Å². The second kappa shape index (κ2) is 8.65. The molecule has 3 aromatic carbocycles. The highest BCUT2D eigenvalue weighted by Gasteiger charge is 2.42. The van der Waals surface area contributed by atoms with E-state index < -0.39 is 24.1 Å². The number of carbonyl (C=O) groups is 2. The zero-order valence-corrected chi connectivity index (χ0v) is 18.2. The van der Waals surface area contributed by atoms with Gasteiger partial charge in [-0.05, 0) is 91.8 Å². The van der Waals surface area contributed by atoms with Crippen LogP contribution >= 0.6 is 0 Å². The topological polar surface area (TPSA) is 82.1 Å². The molecule has 1 fully saturated rings. The van der Waals surface area contributed by atoms with Gasteiger partial charge >= 0.3 is 18.3 Å². The molecule has 0 radical (unpaired) electrons.